The molecule has 0 aliphatic rings. The number of carbonyl (C=O) groups is 1. The molecule has 2 rings (SSSR count). The van der Waals surface area contributed by atoms with Crippen LogP contribution in [0.5, 0.6) is 11.5 Å². The monoisotopic (exact) mass is 351 g/mol. The van der Waals surface area contributed by atoms with Crippen LogP contribution in [0.1, 0.15) is 5.56 Å². The molecule has 6 heteroatoms. The Hall–Kier alpha value is -2.17. The van der Waals surface area contributed by atoms with E-state index in [-0.39, 0.29) is 5.91 Å². The first kappa shape index (κ1) is 17.2. The number of nitrogens with one attached hydrogen (secondary N) is 1. The van der Waals surface area contributed by atoms with Gasteiger partial charge in [0.25, 0.3) is 0 Å². The van der Waals surface area contributed by atoms with Crippen LogP contribution >= 0.6 is 23.2 Å². The number of benzene rings is 2. The Labute approximate surface area is 144 Å². The fourth-order valence-corrected chi connectivity index (χ4v) is 2.44. The molecule has 0 radical (unpaired) electrons. The number of rotatable bonds is 5. The molecular formula is C17H15Cl2NO3. The molecule has 0 aliphatic heterocycles. The molecule has 0 fully saturated rings. The summed E-state index contributed by atoms with van der Waals surface area (Å²) in [7, 11) is 3.03. The summed E-state index contributed by atoms with van der Waals surface area (Å²) in [5.41, 5.74) is 1.34. The van der Waals surface area contributed by atoms with Gasteiger partial charge in [0, 0.05) is 16.8 Å². The van der Waals surface area contributed by atoms with E-state index in [1.807, 2.05) is 0 Å². The van der Waals surface area contributed by atoms with Crippen LogP contribution in [0.3, 0.4) is 0 Å². The summed E-state index contributed by atoms with van der Waals surface area (Å²) in [6.07, 6.45) is 3.03. The Morgan fingerprint density at radius 2 is 1.91 bits per heavy atom. The van der Waals surface area contributed by atoms with Crippen LogP contribution in [0.4, 0.5) is 5.69 Å². The predicted molar refractivity (Wildman–Crippen MR) is 93.7 cm³/mol. The molecule has 0 saturated carbocycles. The average molecular weight is 352 g/mol. The van der Waals surface area contributed by atoms with Gasteiger partial charge < -0.3 is 14.8 Å². The Morgan fingerprint density at radius 1 is 1.13 bits per heavy atom. The Morgan fingerprint density at radius 3 is 2.57 bits per heavy atom. The third-order valence-electron chi connectivity index (χ3n) is 2.98. The number of hydrogen-bond acceptors (Lipinski definition) is 3. The minimum Gasteiger partial charge on any atom is -0.493 e. The summed E-state index contributed by atoms with van der Waals surface area (Å²) in [6, 6.07) is 10.3. The highest BCUT2D eigenvalue weighted by atomic mass is 35.5. The van der Waals surface area contributed by atoms with Gasteiger partial charge >= 0.3 is 0 Å². The maximum absolute atomic E-state index is 11.9. The SMILES string of the molecule is COc1cc(C=CC(=O)Nc2cccc(Cl)c2)cc(Cl)c1OC. The molecule has 1 N–H and O–H groups in total. The van der Waals surface area contributed by atoms with E-state index in [1.165, 1.54) is 20.3 Å². The van der Waals surface area contributed by atoms with Crippen LogP contribution in [0.15, 0.2) is 42.5 Å². The van der Waals surface area contributed by atoms with E-state index < -0.39 is 0 Å². The molecule has 2 aromatic rings. The summed E-state index contributed by atoms with van der Waals surface area (Å²) in [5.74, 6) is 0.669. The smallest absolute Gasteiger partial charge is 0.248 e. The van der Waals surface area contributed by atoms with Gasteiger partial charge in [-0.05, 0) is 42.0 Å². The molecule has 2 aromatic carbocycles. The molecule has 4 nitrogen and oxygen atoms in total. The van der Waals surface area contributed by atoms with Crippen LogP contribution in [-0.2, 0) is 4.79 Å². The van der Waals surface area contributed by atoms with Gasteiger partial charge in [0.15, 0.2) is 11.5 Å². The highest BCUT2D eigenvalue weighted by molar-refractivity contribution is 6.32. The molecule has 0 aromatic heterocycles. The molecule has 23 heavy (non-hydrogen) atoms. The van der Waals surface area contributed by atoms with Gasteiger partial charge in [-0.3, -0.25) is 4.79 Å². The molecular weight excluding hydrogens is 337 g/mol. The van der Waals surface area contributed by atoms with Crippen molar-refractivity contribution in [2.24, 2.45) is 0 Å². The lowest BCUT2D eigenvalue weighted by molar-refractivity contribution is -0.111. The molecule has 0 heterocycles. The second-order valence-electron chi connectivity index (χ2n) is 4.57. The maximum atomic E-state index is 11.9. The summed E-state index contributed by atoms with van der Waals surface area (Å²) in [4.78, 5) is 11.9. The van der Waals surface area contributed by atoms with Gasteiger partial charge in [0.05, 0.1) is 19.2 Å². The normalized spacial score (nSPS) is 10.6. The summed E-state index contributed by atoms with van der Waals surface area (Å²) in [5, 5.41) is 3.68. The van der Waals surface area contributed by atoms with Crippen molar-refractivity contribution in [3.63, 3.8) is 0 Å². The van der Waals surface area contributed by atoms with Gasteiger partial charge in [-0.25, -0.2) is 0 Å². The molecule has 1 amide bonds. The number of halogens is 2. The molecule has 0 aliphatic carbocycles. The van der Waals surface area contributed by atoms with E-state index >= 15 is 0 Å². The van der Waals surface area contributed by atoms with Crippen LogP contribution in [0.25, 0.3) is 6.08 Å². The highest BCUT2D eigenvalue weighted by Crippen LogP contribution is 2.36. The zero-order valence-electron chi connectivity index (χ0n) is 12.6. The topological polar surface area (TPSA) is 47.6 Å². The van der Waals surface area contributed by atoms with Gasteiger partial charge in [-0.1, -0.05) is 29.3 Å². The van der Waals surface area contributed by atoms with Gasteiger partial charge in [-0.15, -0.1) is 0 Å². The van der Waals surface area contributed by atoms with Crippen LogP contribution in [0, 0.1) is 0 Å². The summed E-state index contributed by atoms with van der Waals surface area (Å²) < 4.78 is 10.4. The number of hydrogen-bond donors (Lipinski definition) is 1. The number of carbonyl (C=O) groups excluding carboxylic acids is 1. The lowest BCUT2D eigenvalue weighted by Gasteiger charge is -2.10. The largest absolute Gasteiger partial charge is 0.493 e. The Bertz CT molecular complexity index is 745. The van der Waals surface area contributed by atoms with E-state index in [2.05, 4.69) is 5.32 Å². The van der Waals surface area contributed by atoms with Crippen LogP contribution in [0.2, 0.25) is 10.0 Å². The fraction of sp³-hybridized carbons (Fsp3) is 0.118. The molecule has 0 atom stereocenters. The van der Waals surface area contributed by atoms with Crippen molar-refractivity contribution in [1.82, 2.24) is 0 Å². The third kappa shape index (κ3) is 4.65. The second kappa shape index (κ2) is 7.90. The second-order valence-corrected chi connectivity index (χ2v) is 5.41. The minimum absolute atomic E-state index is 0.279. The van der Waals surface area contributed by atoms with Crippen molar-refractivity contribution >= 4 is 40.9 Å². The van der Waals surface area contributed by atoms with Crippen LogP contribution < -0.4 is 14.8 Å². The summed E-state index contributed by atoms with van der Waals surface area (Å²) >= 11 is 12.0. The predicted octanol–water partition coefficient (Wildman–Crippen LogP) is 4.66. The molecule has 120 valence electrons. The van der Waals surface area contributed by atoms with E-state index in [4.69, 9.17) is 32.7 Å². The number of amides is 1. The van der Waals surface area contributed by atoms with E-state index in [0.717, 1.165) is 0 Å². The lowest BCUT2D eigenvalue weighted by Crippen LogP contribution is -2.07. The van der Waals surface area contributed by atoms with E-state index in [1.54, 1.807) is 42.5 Å². The van der Waals surface area contributed by atoms with Crippen molar-refractivity contribution in [3.05, 3.63) is 58.1 Å². The standard InChI is InChI=1S/C17H15Cl2NO3/c1-22-15-9-11(8-14(19)17(15)23-2)6-7-16(21)20-13-5-3-4-12(18)10-13/h3-10H,1-2H3,(H,20,21). The van der Waals surface area contributed by atoms with Crippen molar-refractivity contribution in [2.75, 3.05) is 19.5 Å². The van der Waals surface area contributed by atoms with Crippen molar-refractivity contribution in [3.8, 4) is 11.5 Å². The molecule has 0 unspecified atom stereocenters. The van der Waals surface area contributed by atoms with Crippen molar-refractivity contribution in [1.29, 1.82) is 0 Å². The molecule has 0 saturated heterocycles. The summed E-state index contributed by atoms with van der Waals surface area (Å²) in [6.45, 7) is 0. The van der Waals surface area contributed by atoms with Crippen molar-refractivity contribution < 1.29 is 14.3 Å². The maximum Gasteiger partial charge on any atom is 0.248 e. The van der Waals surface area contributed by atoms with Gasteiger partial charge in [0.1, 0.15) is 0 Å². The first-order valence-electron chi connectivity index (χ1n) is 6.69. The van der Waals surface area contributed by atoms with E-state index in [0.29, 0.717) is 32.8 Å². The minimum atomic E-state index is -0.279. The fourth-order valence-electron chi connectivity index (χ4n) is 1.96. The third-order valence-corrected chi connectivity index (χ3v) is 3.49. The quantitative estimate of drug-likeness (QED) is 0.796. The van der Waals surface area contributed by atoms with Gasteiger partial charge in [-0.2, -0.15) is 0 Å². The van der Waals surface area contributed by atoms with Crippen molar-refractivity contribution in [2.45, 2.75) is 0 Å². The number of ether oxygens (including phenoxy) is 2. The number of anilines is 1. The Kier molecular flexibility index (Phi) is 5.90. The average Bonchev–Trinajstić information content (AvgIpc) is 2.52. The Balaban J connectivity index is 2.13. The zero-order valence-corrected chi connectivity index (χ0v) is 14.1. The van der Waals surface area contributed by atoms with Crippen LogP contribution in [-0.4, -0.2) is 20.1 Å². The molecule has 0 spiro atoms. The zero-order chi connectivity index (χ0) is 16.8. The highest BCUT2D eigenvalue weighted by Gasteiger charge is 2.09. The number of methoxy groups -OCH3 is 2. The van der Waals surface area contributed by atoms with Gasteiger partial charge in [0.2, 0.25) is 5.91 Å². The molecule has 0 bridgehead atoms. The first-order valence-corrected chi connectivity index (χ1v) is 7.45. The van der Waals surface area contributed by atoms with E-state index in [9.17, 15) is 4.79 Å². The lowest BCUT2D eigenvalue weighted by atomic mass is 10.2. The first-order chi connectivity index (χ1) is 11.0.